The molecule has 7 N–H and O–H groups in total. The highest BCUT2D eigenvalue weighted by Crippen LogP contribution is 2.25. The van der Waals surface area contributed by atoms with E-state index in [0.717, 1.165) is 0 Å². The lowest BCUT2D eigenvalue weighted by atomic mass is 10.1. The number of carbonyl (C=O) groups excluding carboxylic acids is 2. The Morgan fingerprint density at radius 2 is 1.59 bits per heavy atom. The fraction of sp³-hybridized carbons (Fsp3) is 0.667. The summed E-state index contributed by atoms with van der Waals surface area (Å²) >= 11 is 0. The van der Waals surface area contributed by atoms with Gasteiger partial charge in [0.15, 0.2) is 6.29 Å². The van der Waals surface area contributed by atoms with Gasteiger partial charge in [-0.25, -0.2) is 4.57 Å². The van der Waals surface area contributed by atoms with Gasteiger partial charge >= 0.3 is 7.82 Å². The molecule has 0 aliphatic carbocycles. The van der Waals surface area contributed by atoms with E-state index in [4.69, 9.17) is 34.6 Å². The second kappa shape index (κ2) is 9.19. The molecule has 0 rings (SSSR count). The highest BCUT2D eigenvalue weighted by molar-refractivity contribution is 7.45. The lowest BCUT2D eigenvalue weighted by molar-refractivity contribution is -0.123. The van der Waals surface area contributed by atoms with Crippen LogP contribution >= 0.6 is 7.82 Å². The van der Waals surface area contributed by atoms with Crippen molar-refractivity contribution < 1.29 is 44.2 Å². The number of amides is 1. The summed E-state index contributed by atoms with van der Waals surface area (Å²) in [5.74, 6) is 0. The molecular weight excluding hydrogens is 261 g/mol. The second-order valence-electron chi connectivity index (χ2n) is 2.70. The van der Waals surface area contributed by atoms with Gasteiger partial charge in [-0.3, -0.25) is 4.79 Å². The van der Waals surface area contributed by atoms with Crippen molar-refractivity contribution in [1.82, 2.24) is 5.32 Å². The molecule has 0 saturated carbocycles. The van der Waals surface area contributed by atoms with E-state index in [9.17, 15) is 9.59 Å². The van der Waals surface area contributed by atoms with E-state index >= 15 is 0 Å². The number of hydrogen-bond acceptors (Lipinski definition) is 6. The molecule has 10 nitrogen and oxygen atoms in total. The summed E-state index contributed by atoms with van der Waals surface area (Å²) in [6, 6.07) is -1.03. The summed E-state index contributed by atoms with van der Waals surface area (Å²) in [5, 5.41) is 28.4. The molecule has 0 radical (unpaired) electrons. The molecule has 0 unspecified atom stereocenters. The Morgan fingerprint density at radius 3 is 1.82 bits per heavy atom. The predicted octanol–water partition coefficient (Wildman–Crippen LogP) is -3.91. The second-order valence-corrected chi connectivity index (χ2v) is 3.73. The van der Waals surface area contributed by atoms with E-state index in [-0.39, 0.29) is 12.7 Å². The Hall–Kier alpha value is -0.870. The van der Waals surface area contributed by atoms with Gasteiger partial charge in [-0.05, 0) is 0 Å². The van der Waals surface area contributed by atoms with Crippen molar-refractivity contribution in [2.75, 3.05) is 6.61 Å². The Morgan fingerprint density at radius 1 is 1.18 bits per heavy atom. The van der Waals surface area contributed by atoms with Gasteiger partial charge in [-0.15, -0.1) is 0 Å². The zero-order valence-electron chi connectivity index (χ0n) is 8.45. The minimum Gasteiger partial charge on any atom is -0.394 e. The smallest absolute Gasteiger partial charge is 0.394 e. The number of aliphatic hydroxyl groups is 3. The number of aliphatic hydroxyl groups excluding tert-OH is 3. The predicted molar refractivity (Wildman–Crippen MR) is 52.4 cm³/mol. The van der Waals surface area contributed by atoms with E-state index in [1.807, 2.05) is 5.32 Å². The number of aldehydes is 1. The molecular formula is C6H14NO9P. The summed E-state index contributed by atoms with van der Waals surface area (Å²) in [6.07, 6.45) is -2.70. The van der Waals surface area contributed by atoms with Crippen LogP contribution in [0, 0.1) is 0 Å². The molecule has 0 aromatic rings. The molecule has 0 fully saturated rings. The number of hydrogen-bond donors (Lipinski definition) is 7. The maximum Gasteiger partial charge on any atom is 0.466 e. The van der Waals surface area contributed by atoms with Crippen LogP contribution in [-0.2, 0) is 14.2 Å². The fourth-order valence-electron chi connectivity index (χ4n) is 0.665. The van der Waals surface area contributed by atoms with Gasteiger partial charge in [0.05, 0.1) is 12.6 Å². The van der Waals surface area contributed by atoms with Crippen molar-refractivity contribution >= 4 is 20.5 Å². The molecule has 11 heteroatoms. The molecule has 3 atom stereocenters. The van der Waals surface area contributed by atoms with Crippen LogP contribution in [0.4, 0.5) is 0 Å². The zero-order valence-corrected chi connectivity index (χ0v) is 9.34. The minimum absolute atomic E-state index is 0.125. The van der Waals surface area contributed by atoms with Gasteiger partial charge in [0, 0.05) is 0 Å². The lowest BCUT2D eigenvalue weighted by Gasteiger charge is -2.21. The molecule has 0 aromatic carbocycles. The quantitative estimate of drug-likeness (QED) is 0.188. The molecule has 0 aliphatic rings. The first-order valence-electron chi connectivity index (χ1n) is 4.07. The Balaban J connectivity index is 0. The van der Waals surface area contributed by atoms with Crippen molar-refractivity contribution in [1.29, 1.82) is 0 Å². The van der Waals surface area contributed by atoms with Gasteiger partial charge in [-0.1, -0.05) is 0 Å². The van der Waals surface area contributed by atoms with Crippen molar-refractivity contribution in [3.05, 3.63) is 0 Å². The highest BCUT2D eigenvalue weighted by atomic mass is 31.2. The third-order valence-corrected chi connectivity index (χ3v) is 1.38. The van der Waals surface area contributed by atoms with E-state index in [1.54, 1.807) is 0 Å². The molecule has 0 spiro atoms. The van der Waals surface area contributed by atoms with E-state index in [2.05, 4.69) is 0 Å². The summed E-state index contributed by atoms with van der Waals surface area (Å²) in [7, 11) is -4.64. The Labute approximate surface area is 95.8 Å². The molecule has 0 heterocycles. The van der Waals surface area contributed by atoms with E-state index < -0.39 is 32.7 Å². The van der Waals surface area contributed by atoms with Crippen LogP contribution in [0.5, 0.6) is 0 Å². The first-order valence-corrected chi connectivity index (χ1v) is 5.64. The van der Waals surface area contributed by atoms with Crippen LogP contribution in [0.25, 0.3) is 0 Å². The molecule has 0 bridgehead atoms. The standard InChI is InChI=1S/C6H11NO5.H3O4P/c8-1-4(7-3-10)6(12)5(11)2-9;1-5(2,3)4/h2-6,8,11-12H,1H2,(H,7,10);(H3,1,2,3,4)/t4-,5-,6-;/m0./s1. The first-order chi connectivity index (χ1) is 7.67. The van der Waals surface area contributed by atoms with Crippen LogP contribution in [0.15, 0.2) is 0 Å². The minimum atomic E-state index is -4.64. The lowest BCUT2D eigenvalue weighted by Crippen LogP contribution is -2.48. The third-order valence-electron chi connectivity index (χ3n) is 1.38. The topological polar surface area (TPSA) is 185 Å². The van der Waals surface area contributed by atoms with E-state index in [0.29, 0.717) is 0 Å². The SMILES string of the molecule is O=CN[C@@H](CO)[C@H](O)[C@@H](O)C=O.O=P(O)(O)O. The van der Waals surface area contributed by atoms with E-state index in [1.165, 1.54) is 0 Å². The van der Waals surface area contributed by atoms with Crippen molar-refractivity contribution in [3.8, 4) is 0 Å². The Bertz CT molecular complexity index is 258. The fourth-order valence-corrected chi connectivity index (χ4v) is 0.665. The number of carbonyl (C=O) groups is 2. The highest BCUT2D eigenvalue weighted by Gasteiger charge is 2.24. The number of rotatable bonds is 6. The van der Waals surface area contributed by atoms with Crippen molar-refractivity contribution in [3.63, 3.8) is 0 Å². The average molecular weight is 275 g/mol. The third kappa shape index (κ3) is 13.1. The van der Waals surface area contributed by atoms with Crippen LogP contribution in [0.1, 0.15) is 0 Å². The maximum atomic E-state index is 9.96. The summed E-state index contributed by atoms with van der Waals surface area (Å²) < 4.78 is 8.88. The normalized spacial score (nSPS) is 15.9. The molecule has 0 aromatic heterocycles. The van der Waals surface area contributed by atoms with Crippen LogP contribution in [0.3, 0.4) is 0 Å². The monoisotopic (exact) mass is 275 g/mol. The number of nitrogens with one attached hydrogen (secondary N) is 1. The largest absolute Gasteiger partial charge is 0.466 e. The van der Waals surface area contributed by atoms with Crippen molar-refractivity contribution in [2.24, 2.45) is 0 Å². The molecule has 1 amide bonds. The van der Waals surface area contributed by atoms with Crippen LogP contribution < -0.4 is 5.32 Å². The molecule has 102 valence electrons. The zero-order chi connectivity index (χ0) is 14.1. The van der Waals surface area contributed by atoms with Gasteiger partial charge in [0.2, 0.25) is 6.41 Å². The number of phosphoric acid groups is 1. The molecule has 0 aliphatic heterocycles. The van der Waals surface area contributed by atoms with Gasteiger partial charge in [0.25, 0.3) is 0 Å². The molecule has 17 heavy (non-hydrogen) atoms. The van der Waals surface area contributed by atoms with Gasteiger partial charge in [0.1, 0.15) is 12.2 Å². The first kappa shape index (κ1) is 18.5. The van der Waals surface area contributed by atoms with Crippen molar-refractivity contribution in [2.45, 2.75) is 18.2 Å². The average Bonchev–Trinajstić information content (AvgIpc) is 2.21. The summed E-state index contributed by atoms with van der Waals surface area (Å²) in [5.41, 5.74) is 0. The molecule has 0 saturated heterocycles. The van der Waals surface area contributed by atoms with Crippen LogP contribution in [0.2, 0.25) is 0 Å². The Kier molecular flexibility index (Phi) is 10.00. The summed E-state index contributed by atoms with van der Waals surface area (Å²) in [6.45, 7) is -0.551. The summed E-state index contributed by atoms with van der Waals surface area (Å²) in [4.78, 5) is 41.4. The van der Waals surface area contributed by atoms with Gasteiger partial charge in [-0.2, -0.15) is 0 Å². The van der Waals surface area contributed by atoms with Crippen LogP contribution in [-0.4, -0.2) is 67.6 Å². The maximum absolute atomic E-state index is 9.96. The van der Waals surface area contributed by atoms with Gasteiger partial charge < -0.3 is 40.1 Å².